The summed E-state index contributed by atoms with van der Waals surface area (Å²) in [6.45, 7) is 1.24. The van der Waals surface area contributed by atoms with Crippen LogP contribution in [0.25, 0.3) is 0 Å². The molecule has 2 saturated heterocycles. The number of carbonyl (C=O) groups is 3. The van der Waals surface area contributed by atoms with Crippen molar-refractivity contribution in [3.8, 4) is 0 Å². The van der Waals surface area contributed by atoms with Crippen LogP contribution in [0.15, 0.2) is 47.3 Å². The molecular weight excluding hydrogens is 419 g/mol. The van der Waals surface area contributed by atoms with Crippen molar-refractivity contribution >= 4 is 17.8 Å². The third kappa shape index (κ3) is 5.22. The van der Waals surface area contributed by atoms with E-state index in [1.54, 1.807) is 24.5 Å². The second-order valence-electron chi connectivity index (χ2n) is 7.12. The summed E-state index contributed by atoms with van der Waals surface area (Å²) in [6.07, 6.45) is 1.93. The molecule has 2 fully saturated rings. The second-order valence-corrected chi connectivity index (χ2v) is 7.12. The van der Waals surface area contributed by atoms with Crippen LogP contribution in [-0.4, -0.2) is 62.5 Å². The molecule has 2 aliphatic rings. The third-order valence-electron chi connectivity index (χ3n) is 5.22. The summed E-state index contributed by atoms with van der Waals surface area (Å²) in [5.41, 5.74) is 1.06. The molecule has 0 aliphatic carbocycles. The predicted octanol–water partition coefficient (Wildman–Crippen LogP) is 2.71. The SMILES string of the molecule is O=C(O)C(F)(F)F.O=C1CC[C@@H]2[C@@H](CCN2C(=O)c2ccco2)N1Cc1ccncc1. The number of aliphatic carboxylic acids is 1. The number of halogens is 3. The van der Waals surface area contributed by atoms with Gasteiger partial charge >= 0.3 is 12.1 Å². The monoisotopic (exact) mass is 439 g/mol. The molecule has 0 radical (unpaired) electrons. The number of aromatic nitrogens is 1. The molecule has 11 heteroatoms. The largest absolute Gasteiger partial charge is 0.490 e. The van der Waals surface area contributed by atoms with Crippen LogP contribution >= 0.6 is 0 Å². The Balaban J connectivity index is 0.000000339. The summed E-state index contributed by atoms with van der Waals surface area (Å²) in [7, 11) is 0. The zero-order chi connectivity index (χ0) is 22.6. The highest BCUT2D eigenvalue weighted by molar-refractivity contribution is 5.92. The first-order chi connectivity index (χ1) is 14.7. The average molecular weight is 439 g/mol. The molecule has 0 aromatic carbocycles. The van der Waals surface area contributed by atoms with E-state index in [2.05, 4.69) is 4.98 Å². The van der Waals surface area contributed by atoms with Gasteiger partial charge in [-0.05, 0) is 42.7 Å². The smallest absolute Gasteiger partial charge is 0.475 e. The van der Waals surface area contributed by atoms with Crippen molar-refractivity contribution in [3.05, 3.63) is 54.2 Å². The van der Waals surface area contributed by atoms with Gasteiger partial charge in [0.25, 0.3) is 5.91 Å². The Labute approximate surface area is 175 Å². The number of piperidine rings is 1. The van der Waals surface area contributed by atoms with Gasteiger partial charge in [-0.15, -0.1) is 0 Å². The van der Waals surface area contributed by atoms with Crippen LogP contribution in [0.5, 0.6) is 0 Å². The first-order valence-electron chi connectivity index (χ1n) is 9.51. The molecule has 4 heterocycles. The number of carbonyl (C=O) groups excluding carboxylic acids is 2. The number of hydrogen-bond acceptors (Lipinski definition) is 5. The van der Waals surface area contributed by atoms with Crippen molar-refractivity contribution in [1.29, 1.82) is 0 Å². The lowest BCUT2D eigenvalue weighted by atomic mass is 9.95. The number of amides is 2. The third-order valence-corrected chi connectivity index (χ3v) is 5.22. The van der Waals surface area contributed by atoms with E-state index in [9.17, 15) is 22.8 Å². The first-order valence-corrected chi connectivity index (χ1v) is 9.51. The normalized spacial score (nSPS) is 20.7. The molecule has 31 heavy (non-hydrogen) atoms. The standard InChI is InChI=1S/C18H19N3O3.C2HF3O2/c22-17-4-3-14-15(21(17)12-13-5-8-19-9-6-13)7-10-20(14)18(23)16-2-1-11-24-16;3-2(4,5)1(6)7/h1-2,5-6,8-9,11,14-15H,3-4,7,10,12H2;(H,6,7)/t14-,15-;/m1./s1. The summed E-state index contributed by atoms with van der Waals surface area (Å²) in [6, 6.07) is 7.43. The number of rotatable bonds is 3. The molecule has 1 N–H and O–H groups in total. The zero-order valence-corrected chi connectivity index (χ0v) is 16.3. The van der Waals surface area contributed by atoms with E-state index in [0.717, 1.165) is 18.4 Å². The van der Waals surface area contributed by atoms with Crippen LogP contribution in [0.2, 0.25) is 0 Å². The van der Waals surface area contributed by atoms with Crippen LogP contribution < -0.4 is 0 Å². The summed E-state index contributed by atoms with van der Waals surface area (Å²) in [4.78, 5) is 41.8. The highest BCUT2D eigenvalue weighted by Crippen LogP contribution is 2.33. The fraction of sp³-hybridized carbons (Fsp3) is 0.400. The fourth-order valence-corrected chi connectivity index (χ4v) is 3.83. The van der Waals surface area contributed by atoms with Gasteiger partial charge in [0.2, 0.25) is 5.91 Å². The Kier molecular flexibility index (Phi) is 6.62. The summed E-state index contributed by atoms with van der Waals surface area (Å²) < 4.78 is 37.0. The number of hydrogen-bond donors (Lipinski definition) is 1. The molecule has 0 unspecified atom stereocenters. The number of carboxylic acid groups (broad SMARTS) is 1. The van der Waals surface area contributed by atoms with Crippen molar-refractivity contribution in [2.45, 2.75) is 44.1 Å². The first kappa shape index (κ1) is 22.3. The van der Waals surface area contributed by atoms with Gasteiger partial charge in [-0.25, -0.2) is 4.79 Å². The molecule has 8 nitrogen and oxygen atoms in total. The number of fused-ring (bicyclic) bond motifs is 1. The Bertz CT molecular complexity index is 918. The van der Waals surface area contributed by atoms with Crippen molar-refractivity contribution in [1.82, 2.24) is 14.8 Å². The minimum atomic E-state index is -5.08. The zero-order valence-electron chi connectivity index (χ0n) is 16.3. The van der Waals surface area contributed by atoms with E-state index in [4.69, 9.17) is 14.3 Å². The Hall–Kier alpha value is -3.37. The van der Waals surface area contributed by atoms with Gasteiger partial charge in [0.05, 0.1) is 18.3 Å². The fourth-order valence-electron chi connectivity index (χ4n) is 3.83. The quantitative estimate of drug-likeness (QED) is 0.789. The molecule has 2 aromatic rings. The van der Waals surface area contributed by atoms with Gasteiger partial charge < -0.3 is 19.3 Å². The highest BCUT2D eigenvalue weighted by Gasteiger charge is 2.45. The van der Waals surface area contributed by atoms with Gasteiger partial charge in [0.1, 0.15) is 0 Å². The van der Waals surface area contributed by atoms with Crippen LogP contribution in [0.1, 0.15) is 35.4 Å². The lowest BCUT2D eigenvalue weighted by Crippen LogP contribution is -2.52. The minimum Gasteiger partial charge on any atom is -0.475 e. The molecule has 2 aromatic heterocycles. The van der Waals surface area contributed by atoms with Crippen molar-refractivity contribution in [2.24, 2.45) is 0 Å². The molecule has 4 rings (SSSR count). The topological polar surface area (TPSA) is 104 Å². The number of carboxylic acids is 1. The molecule has 2 amide bonds. The van der Waals surface area contributed by atoms with Gasteiger partial charge in [0.15, 0.2) is 5.76 Å². The van der Waals surface area contributed by atoms with Crippen LogP contribution in [-0.2, 0) is 16.1 Å². The summed E-state index contributed by atoms with van der Waals surface area (Å²) in [5.74, 6) is -2.30. The summed E-state index contributed by atoms with van der Waals surface area (Å²) >= 11 is 0. The highest BCUT2D eigenvalue weighted by atomic mass is 19.4. The Morgan fingerprint density at radius 2 is 1.84 bits per heavy atom. The molecule has 0 spiro atoms. The maximum absolute atomic E-state index is 12.6. The Morgan fingerprint density at radius 1 is 1.16 bits per heavy atom. The minimum absolute atomic E-state index is 0.0714. The summed E-state index contributed by atoms with van der Waals surface area (Å²) in [5, 5.41) is 7.12. The van der Waals surface area contributed by atoms with Crippen LogP contribution in [0.3, 0.4) is 0 Å². The number of alkyl halides is 3. The molecule has 2 aliphatic heterocycles. The number of furan rings is 1. The van der Waals surface area contributed by atoms with E-state index < -0.39 is 12.1 Å². The van der Waals surface area contributed by atoms with Crippen molar-refractivity contribution in [3.63, 3.8) is 0 Å². The molecule has 0 bridgehead atoms. The van der Waals surface area contributed by atoms with E-state index >= 15 is 0 Å². The van der Waals surface area contributed by atoms with Crippen molar-refractivity contribution < 1.29 is 37.1 Å². The van der Waals surface area contributed by atoms with E-state index in [1.807, 2.05) is 21.9 Å². The van der Waals surface area contributed by atoms with Gasteiger partial charge in [-0.2, -0.15) is 13.2 Å². The van der Waals surface area contributed by atoms with Crippen LogP contribution in [0.4, 0.5) is 13.2 Å². The van der Waals surface area contributed by atoms with Crippen molar-refractivity contribution in [2.75, 3.05) is 6.54 Å². The maximum Gasteiger partial charge on any atom is 0.490 e. The molecule has 166 valence electrons. The van der Waals surface area contributed by atoms with E-state index in [1.165, 1.54) is 6.26 Å². The van der Waals surface area contributed by atoms with Gasteiger partial charge in [-0.1, -0.05) is 0 Å². The molecular formula is C20H20F3N3O5. The predicted molar refractivity (Wildman–Crippen MR) is 99.6 cm³/mol. The van der Waals surface area contributed by atoms with Crippen LogP contribution in [0, 0.1) is 0 Å². The maximum atomic E-state index is 12.6. The molecule has 2 atom stereocenters. The molecule has 0 saturated carbocycles. The van der Waals surface area contributed by atoms with E-state index in [-0.39, 0.29) is 23.9 Å². The lowest BCUT2D eigenvalue weighted by Gasteiger charge is -2.39. The average Bonchev–Trinajstić information content (AvgIpc) is 3.40. The second kappa shape index (κ2) is 9.19. The number of nitrogens with zero attached hydrogens (tertiary/aromatic N) is 3. The number of likely N-dealkylation sites (tertiary alicyclic amines) is 2. The van der Waals surface area contributed by atoms with E-state index in [0.29, 0.717) is 25.3 Å². The van der Waals surface area contributed by atoms with Gasteiger partial charge in [0, 0.05) is 31.9 Å². The van der Waals surface area contributed by atoms with Gasteiger partial charge in [-0.3, -0.25) is 14.6 Å². The number of pyridine rings is 1. The Morgan fingerprint density at radius 3 is 2.42 bits per heavy atom. The lowest BCUT2D eigenvalue weighted by molar-refractivity contribution is -0.192.